The second-order valence-corrected chi connectivity index (χ2v) is 8.17. The smallest absolute Gasteiger partial charge is 0.337 e. The van der Waals surface area contributed by atoms with Gasteiger partial charge in [-0.25, -0.2) is 4.79 Å². The number of methoxy groups -OCH3 is 1. The van der Waals surface area contributed by atoms with Gasteiger partial charge in [-0.3, -0.25) is 0 Å². The van der Waals surface area contributed by atoms with Crippen LogP contribution in [-0.2, 0) is 47.6 Å². The van der Waals surface area contributed by atoms with Crippen LogP contribution in [0.1, 0.15) is 15.8 Å². The molecule has 0 aliphatic carbocycles. The van der Waals surface area contributed by atoms with E-state index in [2.05, 4.69) is 0 Å². The van der Waals surface area contributed by atoms with E-state index in [1.54, 1.807) is 48.5 Å². The van der Waals surface area contributed by atoms with Crippen LogP contribution in [0, 0.1) is 0 Å². The Hall–Kier alpha value is -3.81. The number of esters is 1. The minimum Gasteiger partial charge on any atom is -0.465 e. The van der Waals surface area contributed by atoms with E-state index in [-0.39, 0.29) is 12.4 Å². The fourth-order valence-electron chi connectivity index (χ4n) is 4.06. The van der Waals surface area contributed by atoms with Crippen molar-refractivity contribution >= 4 is 31.0 Å². The van der Waals surface area contributed by atoms with Gasteiger partial charge in [0.15, 0.2) is 0 Å². The predicted octanol–water partition coefficient (Wildman–Crippen LogP) is 1.21. The summed E-state index contributed by atoms with van der Waals surface area (Å²) in [5.41, 5.74) is 1.93. The van der Waals surface area contributed by atoms with E-state index >= 15 is 0 Å². The third-order valence-corrected chi connectivity index (χ3v) is 5.78. The lowest BCUT2D eigenvalue weighted by Crippen LogP contribution is -2.63. The number of benzene rings is 2. The molecule has 3 rings (SSSR count). The van der Waals surface area contributed by atoms with Crippen LogP contribution in [0.25, 0.3) is 11.1 Å². The quantitative estimate of drug-likeness (QED) is 0.201. The molecule has 12 heteroatoms. The van der Waals surface area contributed by atoms with Gasteiger partial charge in [0.1, 0.15) is 87.1 Å². The summed E-state index contributed by atoms with van der Waals surface area (Å²) in [6.45, 7) is -3.25. The van der Waals surface area contributed by atoms with E-state index in [0.717, 1.165) is 11.1 Å². The van der Waals surface area contributed by atoms with Gasteiger partial charge >= 0.3 is 5.97 Å². The fourth-order valence-corrected chi connectivity index (χ4v) is 4.06. The first-order chi connectivity index (χ1) is 21.0. The van der Waals surface area contributed by atoms with Crippen molar-refractivity contribution in [1.29, 1.82) is 0 Å². The molecule has 40 heavy (non-hydrogen) atoms. The minimum absolute atomic E-state index is 0.243. The zero-order chi connectivity index (χ0) is 32.2. The van der Waals surface area contributed by atoms with Crippen LogP contribution < -0.4 is 4.74 Å². The Bertz CT molecular complexity index is 1300. The molecule has 1 saturated heterocycles. The average molecular weight is 563 g/mol. The summed E-state index contributed by atoms with van der Waals surface area (Å²) in [6.07, 6.45) is -11.0. The minimum atomic E-state index is -1.41. The van der Waals surface area contributed by atoms with Gasteiger partial charge in [-0.2, -0.15) is 0 Å². The van der Waals surface area contributed by atoms with Crippen LogP contribution in [0.4, 0.5) is 0 Å². The molecule has 2 aromatic carbocycles. The zero-order valence-electron chi connectivity index (χ0n) is 25.4. The molecule has 1 heterocycles. The first-order valence-electron chi connectivity index (χ1n) is 14.0. The number of rotatable bonds is 17. The summed E-state index contributed by atoms with van der Waals surface area (Å²) in [5, 5.41) is 0. The average Bonchev–Trinajstić information content (AvgIpc) is 2.98. The molecule has 0 amide bonds. The highest BCUT2D eigenvalue weighted by Gasteiger charge is 2.49. The van der Waals surface area contributed by atoms with Crippen LogP contribution in [0.3, 0.4) is 0 Å². The van der Waals surface area contributed by atoms with Crippen molar-refractivity contribution in [2.75, 3.05) is 40.1 Å². The first-order valence-corrected chi connectivity index (χ1v) is 12.0. The Morgan fingerprint density at radius 2 is 1.30 bits per heavy atom. The topological polar surface area (TPSA) is 150 Å². The van der Waals surface area contributed by atoms with Crippen molar-refractivity contribution in [3.8, 4) is 16.9 Å². The lowest BCUT2D eigenvalue weighted by atomic mass is 9.98. The number of aldehydes is 4. The molecule has 1 aliphatic rings. The summed E-state index contributed by atoms with van der Waals surface area (Å²) >= 11 is 0. The lowest BCUT2D eigenvalue weighted by molar-refractivity contribution is -0.299. The van der Waals surface area contributed by atoms with Crippen LogP contribution >= 0.6 is 0 Å². The zero-order valence-corrected chi connectivity index (χ0v) is 21.4. The maximum Gasteiger partial charge on any atom is 0.337 e. The Morgan fingerprint density at radius 1 is 0.775 bits per heavy atom. The lowest BCUT2D eigenvalue weighted by Gasteiger charge is -2.45. The number of ether oxygens (including phenoxy) is 7. The molecule has 0 aromatic heterocycles. The standard InChI is InChI=1S/C28H30O12/c1-34-27(33)21-4-2-19(3-5-21)20-6-8-22(9-7-20)39-28-26(38-17-13-32)25(37-16-12-31)24(36-15-11-30)23(40-28)18-35-14-10-29/h2-13,23-26,28H,14-18H2,1H3/t23-,24-,25+,26+,28?/m1/s1/i10D,11D,12D,13D. The number of hydrogen-bond acceptors (Lipinski definition) is 12. The summed E-state index contributed by atoms with van der Waals surface area (Å²) < 4.78 is 67.4. The first kappa shape index (κ1) is 25.2. The highest BCUT2D eigenvalue weighted by molar-refractivity contribution is 5.90. The maximum absolute atomic E-state index is 11.7. The molecule has 0 saturated carbocycles. The Morgan fingerprint density at radius 3 is 1.85 bits per heavy atom. The van der Waals surface area contributed by atoms with E-state index in [4.69, 9.17) is 38.6 Å². The van der Waals surface area contributed by atoms with Gasteiger partial charge in [0.2, 0.25) is 6.29 Å². The summed E-state index contributed by atoms with van der Waals surface area (Å²) in [4.78, 5) is 57.2. The van der Waals surface area contributed by atoms with Gasteiger partial charge in [0.05, 0.1) is 19.3 Å². The van der Waals surface area contributed by atoms with Crippen LogP contribution in [0.5, 0.6) is 5.75 Å². The van der Waals surface area contributed by atoms with E-state index in [9.17, 15) is 24.0 Å². The van der Waals surface area contributed by atoms with E-state index in [1.807, 2.05) is 0 Å². The van der Waals surface area contributed by atoms with E-state index in [0.29, 0.717) is 5.56 Å². The molecule has 1 fully saturated rings. The Labute approximate surface area is 236 Å². The Kier molecular flexibility index (Phi) is 10.3. The molecule has 0 bridgehead atoms. The second kappa shape index (κ2) is 16.3. The second-order valence-electron chi connectivity index (χ2n) is 8.17. The molecule has 1 aliphatic heterocycles. The van der Waals surface area contributed by atoms with Gasteiger partial charge in [-0.15, -0.1) is 0 Å². The van der Waals surface area contributed by atoms with Crippen LogP contribution in [0.2, 0.25) is 0 Å². The molecule has 214 valence electrons. The molecular weight excluding hydrogens is 528 g/mol. The molecule has 0 radical (unpaired) electrons. The van der Waals surface area contributed by atoms with Crippen molar-refractivity contribution in [2.45, 2.75) is 30.7 Å². The van der Waals surface area contributed by atoms with Gasteiger partial charge in [-0.1, -0.05) is 24.3 Å². The number of hydrogen-bond donors (Lipinski definition) is 0. The monoisotopic (exact) mass is 562 g/mol. The molecular formula is C28H30O12. The molecule has 1 unspecified atom stereocenters. The molecule has 2 aromatic rings. The number of carbonyl (C=O) groups is 5. The van der Waals surface area contributed by atoms with Crippen LogP contribution in [-0.4, -0.2) is 102 Å². The maximum atomic E-state index is 11.7. The molecule has 0 spiro atoms. The van der Waals surface area contributed by atoms with Crippen molar-refractivity contribution in [1.82, 2.24) is 0 Å². The number of carbonyl (C=O) groups excluding carboxylic acids is 5. The van der Waals surface area contributed by atoms with Crippen molar-refractivity contribution < 1.29 is 62.6 Å². The van der Waals surface area contributed by atoms with Gasteiger partial charge in [-0.05, 0) is 35.4 Å². The highest BCUT2D eigenvalue weighted by Crippen LogP contribution is 2.31. The van der Waals surface area contributed by atoms with Crippen molar-refractivity contribution in [3.05, 3.63) is 54.1 Å². The summed E-state index contributed by atoms with van der Waals surface area (Å²) in [7, 11) is 1.29. The third kappa shape index (κ3) is 8.34. The van der Waals surface area contributed by atoms with Gasteiger partial charge in [0.25, 0.3) is 0 Å². The van der Waals surface area contributed by atoms with Crippen molar-refractivity contribution in [3.63, 3.8) is 0 Å². The van der Waals surface area contributed by atoms with E-state index < -0.39 is 88.2 Å². The highest BCUT2D eigenvalue weighted by atomic mass is 16.7. The predicted molar refractivity (Wildman–Crippen MR) is 137 cm³/mol. The van der Waals surface area contributed by atoms with Crippen LogP contribution in [0.15, 0.2) is 48.5 Å². The summed E-state index contributed by atoms with van der Waals surface area (Å²) in [5.74, 6) is -0.229. The fraction of sp³-hybridized carbons (Fsp3) is 0.393. The van der Waals surface area contributed by atoms with E-state index in [1.165, 1.54) is 7.11 Å². The molecule has 5 atom stereocenters. The normalized spacial score (nSPS) is 23.6. The van der Waals surface area contributed by atoms with Gasteiger partial charge < -0.3 is 52.3 Å². The third-order valence-electron chi connectivity index (χ3n) is 5.78. The SMILES string of the molecule is [2H]C(=O)COC[C@H]1OC(Oc2ccc(-c3ccc(C(=O)OC)cc3)cc2)[C@@H](OCC([2H])=O)[C@@H](OCC([2H])=O)[C@@H]1OCC([2H])=O. The van der Waals surface area contributed by atoms with Gasteiger partial charge in [0, 0.05) is 0 Å². The Balaban J connectivity index is 1.90. The van der Waals surface area contributed by atoms with Crippen molar-refractivity contribution in [2.24, 2.45) is 0 Å². The largest absolute Gasteiger partial charge is 0.465 e. The molecule has 12 nitrogen and oxygen atoms in total. The summed E-state index contributed by atoms with van der Waals surface area (Å²) in [6, 6.07) is 13.3. The molecule has 0 N–H and O–H groups in total.